The molecule has 0 amide bonds. The lowest BCUT2D eigenvalue weighted by molar-refractivity contribution is 0.572. The predicted molar refractivity (Wildman–Crippen MR) is 187 cm³/mol. The molecular weight excluding hydrogens is 556 g/mol. The second kappa shape index (κ2) is 19.6. The van der Waals surface area contributed by atoms with Crippen LogP contribution in [0.4, 0.5) is 0 Å². The largest absolute Gasteiger partial charge is 0.357 e. The van der Waals surface area contributed by atoms with E-state index in [0.717, 1.165) is 39.0 Å². The van der Waals surface area contributed by atoms with E-state index in [1.54, 1.807) is 0 Å². The van der Waals surface area contributed by atoms with Crippen LogP contribution in [-0.4, -0.2) is 57.9 Å². The molecule has 0 atom stereocenters. The SMILES string of the molecule is N=C(NCCCNCCCNCNC(=N)NCC(c1ccccc1)c1ccccc1)NCC(c1ccccc1)c1ccccc1. The van der Waals surface area contributed by atoms with Crippen LogP contribution in [0, 0.1) is 10.8 Å². The quantitative estimate of drug-likeness (QED) is 0.0358. The Morgan fingerprint density at radius 2 is 0.778 bits per heavy atom. The van der Waals surface area contributed by atoms with Gasteiger partial charge in [-0.15, -0.1) is 0 Å². The lowest BCUT2D eigenvalue weighted by Gasteiger charge is -2.20. The fourth-order valence-corrected chi connectivity index (χ4v) is 5.26. The van der Waals surface area contributed by atoms with Crippen molar-refractivity contribution in [3.8, 4) is 0 Å². The molecule has 4 aromatic carbocycles. The van der Waals surface area contributed by atoms with Crippen molar-refractivity contribution < 1.29 is 0 Å². The molecule has 45 heavy (non-hydrogen) atoms. The smallest absolute Gasteiger partial charge is 0.189 e. The van der Waals surface area contributed by atoms with Crippen molar-refractivity contribution in [2.75, 3.05) is 45.9 Å². The first-order valence-corrected chi connectivity index (χ1v) is 15.9. The molecule has 0 aliphatic rings. The van der Waals surface area contributed by atoms with Gasteiger partial charge in [0.25, 0.3) is 0 Å². The minimum atomic E-state index is 0.178. The van der Waals surface area contributed by atoms with Gasteiger partial charge in [-0.2, -0.15) is 0 Å². The van der Waals surface area contributed by atoms with Crippen molar-refractivity contribution >= 4 is 11.9 Å². The lowest BCUT2D eigenvalue weighted by atomic mass is 9.91. The van der Waals surface area contributed by atoms with Gasteiger partial charge in [-0.05, 0) is 54.7 Å². The van der Waals surface area contributed by atoms with E-state index in [4.69, 9.17) is 10.8 Å². The van der Waals surface area contributed by atoms with Gasteiger partial charge in [-0.3, -0.25) is 16.1 Å². The first-order valence-electron chi connectivity index (χ1n) is 15.9. The normalized spacial score (nSPS) is 10.9. The van der Waals surface area contributed by atoms with E-state index in [0.29, 0.717) is 31.7 Å². The average Bonchev–Trinajstić information content (AvgIpc) is 3.09. The molecule has 0 aromatic heterocycles. The predicted octanol–water partition coefficient (Wildman–Crippen LogP) is 4.80. The van der Waals surface area contributed by atoms with Gasteiger partial charge in [0, 0.05) is 31.5 Å². The van der Waals surface area contributed by atoms with E-state index < -0.39 is 0 Å². The second-order valence-electron chi connectivity index (χ2n) is 11.0. The van der Waals surface area contributed by atoms with Crippen molar-refractivity contribution in [1.82, 2.24) is 31.9 Å². The molecule has 0 unspecified atom stereocenters. The fraction of sp³-hybridized carbons (Fsp3) is 0.297. The third-order valence-corrected chi connectivity index (χ3v) is 7.70. The first-order chi connectivity index (χ1) is 22.2. The molecule has 0 fully saturated rings. The number of rotatable bonds is 18. The van der Waals surface area contributed by atoms with Crippen LogP contribution >= 0.6 is 0 Å². The van der Waals surface area contributed by atoms with Crippen LogP contribution in [0.5, 0.6) is 0 Å². The Hall–Kier alpha value is -4.66. The molecule has 4 aromatic rings. The van der Waals surface area contributed by atoms with Crippen molar-refractivity contribution in [3.05, 3.63) is 144 Å². The molecule has 8 nitrogen and oxygen atoms in total. The Balaban J connectivity index is 1.01. The summed E-state index contributed by atoms with van der Waals surface area (Å²) in [7, 11) is 0. The maximum Gasteiger partial charge on any atom is 0.189 e. The highest BCUT2D eigenvalue weighted by molar-refractivity contribution is 5.76. The molecular formula is C37H48N8. The van der Waals surface area contributed by atoms with E-state index in [9.17, 15) is 0 Å². The minimum Gasteiger partial charge on any atom is -0.357 e. The first kappa shape index (κ1) is 33.2. The third kappa shape index (κ3) is 12.1. The molecule has 0 radical (unpaired) electrons. The number of hydrogen-bond donors (Lipinski definition) is 8. The monoisotopic (exact) mass is 604 g/mol. The minimum absolute atomic E-state index is 0.178. The highest BCUT2D eigenvalue weighted by Gasteiger charge is 2.15. The molecule has 4 rings (SSSR count). The van der Waals surface area contributed by atoms with Crippen LogP contribution in [0.25, 0.3) is 0 Å². The number of guanidine groups is 2. The summed E-state index contributed by atoms with van der Waals surface area (Å²) in [5, 5.41) is 36.2. The molecule has 0 saturated heterocycles. The maximum absolute atomic E-state index is 8.30. The van der Waals surface area contributed by atoms with Gasteiger partial charge in [0.15, 0.2) is 11.9 Å². The molecule has 0 bridgehead atoms. The van der Waals surface area contributed by atoms with E-state index >= 15 is 0 Å². The zero-order valence-corrected chi connectivity index (χ0v) is 26.1. The molecule has 0 heterocycles. The molecule has 8 heteroatoms. The summed E-state index contributed by atoms with van der Waals surface area (Å²) in [5.74, 6) is 1.05. The van der Waals surface area contributed by atoms with E-state index in [1.165, 1.54) is 22.3 Å². The summed E-state index contributed by atoms with van der Waals surface area (Å²) < 4.78 is 0. The Morgan fingerprint density at radius 1 is 0.422 bits per heavy atom. The van der Waals surface area contributed by atoms with Gasteiger partial charge in [-0.25, -0.2) is 0 Å². The molecule has 8 N–H and O–H groups in total. The van der Waals surface area contributed by atoms with Gasteiger partial charge in [0.1, 0.15) is 0 Å². The standard InChI is InChI=1S/C37H48N8/c38-36(43-27-34(30-15-5-1-6-16-30)31-17-7-2-8-18-31)42-26-14-24-40-23-13-25-41-29-45-37(39)44-28-35(32-19-9-3-10-20-32)33-21-11-4-12-22-33/h1-12,15-22,34-35,40-41H,13-14,23-29H2,(H3,38,42,43)(H3,39,44,45). The van der Waals surface area contributed by atoms with E-state index in [2.05, 4.69) is 129 Å². The van der Waals surface area contributed by atoms with E-state index in [1.807, 2.05) is 24.3 Å². The molecule has 236 valence electrons. The summed E-state index contributed by atoms with van der Waals surface area (Å²) >= 11 is 0. The Labute approximate surface area is 268 Å². The van der Waals surface area contributed by atoms with Crippen molar-refractivity contribution in [3.63, 3.8) is 0 Å². The Bertz CT molecular complexity index is 1180. The summed E-state index contributed by atoms with van der Waals surface area (Å²) in [5.41, 5.74) is 4.95. The third-order valence-electron chi connectivity index (χ3n) is 7.70. The summed E-state index contributed by atoms with van der Waals surface area (Å²) in [6.45, 7) is 5.28. The second-order valence-corrected chi connectivity index (χ2v) is 11.0. The molecule has 0 spiro atoms. The van der Waals surface area contributed by atoms with Crippen LogP contribution in [0.3, 0.4) is 0 Å². The molecule has 0 saturated carbocycles. The zero-order valence-electron chi connectivity index (χ0n) is 26.1. The molecule has 0 aliphatic heterocycles. The van der Waals surface area contributed by atoms with Gasteiger partial charge in [0.2, 0.25) is 0 Å². The highest BCUT2D eigenvalue weighted by Crippen LogP contribution is 2.24. The number of hydrogen-bond acceptors (Lipinski definition) is 4. The number of benzene rings is 4. The van der Waals surface area contributed by atoms with Gasteiger partial charge in [-0.1, -0.05) is 121 Å². The van der Waals surface area contributed by atoms with Crippen LogP contribution in [0.2, 0.25) is 0 Å². The van der Waals surface area contributed by atoms with Crippen molar-refractivity contribution in [2.24, 2.45) is 0 Å². The summed E-state index contributed by atoms with van der Waals surface area (Å²) in [6.07, 6.45) is 1.94. The van der Waals surface area contributed by atoms with E-state index in [-0.39, 0.29) is 11.8 Å². The van der Waals surface area contributed by atoms with Gasteiger partial charge >= 0.3 is 0 Å². The topological polar surface area (TPSA) is 120 Å². The van der Waals surface area contributed by atoms with Crippen LogP contribution in [0.1, 0.15) is 46.9 Å². The Kier molecular flexibility index (Phi) is 14.5. The van der Waals surface area contributed by atoms with Gasteiger partial charge < -0.3 is 26.6 Å². The Morgan fingerprint density at radius 3 is 1.20 bits per heavy atom. The van der Waals surface area contributed by atoms with Crippen molar-refractivity contribution in [1.29, 1.82) is 10.8 Å². The van der Waals surface area contributed by atoms with Crippen molar-refractivity contribution in [2.45, 2.75) is 24.7 Å². The van der Waals surface area contributed by atoms with Crippen LogP contribution in [-0.2, 0) is 0 Å². The number of nitrogens with one attached hydrogen (secondary N) is 8. The molecule has 0 aliphatic carbocycles. The zero-order chi connectivity index (χ0) is 31.4. The lowest BCUT2D eigenvalue weighted by Crippen LogP contribution is -2.43. The van der Waals surface area contributed by atoms with Crippen LogP contribution < -0.4 is 31.9 Å². The maximum atomic E-state index is 8.30. The van der Waals surface area contributed by atoms with Crippen LogP contribution in [0.15, 0.2) is 121 Å². The average molecular weight is 605 g/mol. The fourth-order valence-electron chi connectivity index (χ4n) is 5.26. The van der Waals surface area contributed by atoms with Gasteiger partial charge in [0.05, 0.1) is 6.67 Å². The summed E-state index contributed by atoms with van der Waals surface area (Å²) in [4.78, 5) is 0. The highest BCUT2D eigenvalue weighted by atomic mass is 15.2. The summed E-state index contributed by atoms with van der Waals surface area (Å²) in [6, 6.07) is 41.8.